The zero-order valence-corrected chi connectivity index (χ0v) is 11.0. The molecule has 0 aliphatic rings. The van der Waals surface area contributed by atoms with Crippen LogP contribution in [0.5, 0.6) is 5.75 Å². The third-order valence-electron chi connectivity index (χ3n) is 2.90. The smallest absolute Gasteiger partial charge is 0.131 e. The van der Waals surface area contributed by atoms with Gasteiger partial charge in [0.1, 0.15) is 11.6 Å². The van der Waals surface area contributed by atoms with Crippen LogP contribution in [0.4, 0.5) is 4.39 Å². The molecule has 0 fully saturated rings. The maximum Gasteiger partial charge on any atom is 0.131 e. The summed E-state index contributed by atoms with van der Waals surface area (Å²) >= 11 is 0. The highest BCUT2D eigenvalue weighted by Gasteiger charge is 2.06. The zero-order valence-electron chi connectivity index (χ0n) is 11.0. The number of hydrogen-bond donors (Lipinski definition) is 1. The Hall–Kier alpha value is -1.87. The van der Waals surface area contributed by atoms with Crippen LogP contribution < -0.4 is 10.5 Å². The van der Waals surface area contributed by atoms with Gasteiger partial charge in [-0.25, -0.2) is 4.39 Å². The molecule has 0 saturated heterocycles. The largest absolute Gasteiger partial charge is 0.494 e. The first-order valence-electron chi connectivity index (χ1n) is 6.46. The first kappa shape index (κ1) is 13.6. The lowest BCUT2D eigenvalue weighted by Gasteiger charge is -2.08. The first-order chi connectivity index (χ1) is 9.24. The lowest BCUT2D eigenvalue weighted by atomic mass is 10.0. The summed E-state index contributed by atoms with van der Waals surface area (Å²) in [6.07, 6.45) is 0.967. The maximum absolute atomic E-state index is 13.8. The van der Waals surface area contributed by atoms with E-state index in [1.54, 1.807) is 12.1 Å². The summed E-state index contributed by atoms with van der Waals surface area (Å²) in [5, 5.41) is 0. The normalized spacial score (nSPS) is 10.5. The van der Waals surface area contributed by atoms with Crippen molar-refractivity contribution in [3.63, 3.8) is 0 Å². The van der Waals surface area contributed by atoms with Gasteiger partial charge in [-0.05, 0) is 41.8 Å². The van der Waals surface area contributed by atoms with Gasteiger partial charge in [0, 0.05) is 12.1 Å². The number of benzene rings is 2. The quantitative estimate of drug-likeness (QED) is 0.887. The van der Waals surface area contributed by atoms with Crippen LogP contribution >= 0.6 is 0 Å². The van der Waals surface area contributed by atoms with Crippen molar-refractivity contribution < 1.29 is 9.13 Å². The van der Waals surface area contributed by atoms with Crippen molar-refractivity contribution >= 4 is 0 Å². The molecule has 3 heteroatoms. The van der Waals surface area contributed by atoms with Crippen molar-refractivity contribution in [2.24, 2.45) is 5.73 Å². The summed E-state index contributed by atoms with van der Waals surface area (Å²) in [4.78, 5) is 0. The van der Waals surface area contributed by atoms with E-state index in [0.717, 1.165) is 23.3 Å². The van der Waals surface area contributed by atoms with Gasteiger partial charge in [0.2, 0.25) is 0 Å². The summed E-state index contributed by atoms with van der Waals surface area (Å²) in [6.45, 7) is 3.16. The van der Waals surface area contributed by atoms with Gasteiger partial charge in [-0.15, -0.1) is 0 Å². The number of ether oxygens (including phenoxy) is 1. The Labute approximate surface area is 113 Å². The van der Waals surface area contributed by atoms with Crippen LogP contribution in [-0.2, 0) is 6.54 Å². The molecule has 0 saturated carbocycles. The van der Waals surface area contributed by atoms with E-state index in [9.17, 15) is 4.39 Å². The third kappa shape index (κ3) is 3.32. The molecule has 2 nitrogen and oxygen atoms in total. The topological polar surface area (TPSA) is 35.2 Å². The predicted molar refractivity (Wildman–Crippen MR) is 75.5 cm³/mol. The molecule has 0 heterocycles. The molecule has 0 aliphatic heterocycles. The standard InChI is InChI=1S/C16H18FNO/c1-2-9-19-14-6-4-13(5-7-14)15-10-12(11-18)3-8-16(15)17/h3-8,10H,2,9,11,18H2,1H3. The van der Waals surface area contributed by atoms with Crippen LogP contribution in [0.1, 0.15) is 18.9 Å². The molecule has 19 heavy (non-hydrogen) atoms. The minimum absolute atomic E-state index is 0.237. The van der Waals surface area contributed by atoms with E-state index < -0.39 is 0 Å². The van der Waals surface area contributed by atoms with Crippen LogP contribution in [0.3, 0.4) is 0 Å². The van der Waals surface area contributed by atoms with Crippen LogP contribution in [0.2, 0.25) is 0 Å². The zero-order chi connectivity index (χ0) is 13.7. The minimum atomic E-state index is -0.237. The number of hydrogen-bond acceptors (Lipinski definition) is 2. The van der Waals surface area contributed by atoms with E-state index in [-0.39, 0.29) is 5.82 Å². The number of rotatable bonds is 5. The molecule has 0 spiro atoms. The third-order valence-corrected chi connectivity index (χ3v) is 2.90. The highest BCUT2D eigenvalue weighted by Crippen LogP contribution is 2.26. The Morgan fingerprint density at radius 2 is 1.84 bits per heavy atom. The molecule has 0 bridgehead atoms. The predicted octanol–water partition coefficient (Wildman–Crippen LogP) is 3.74. The lowest BCUT2D eigenvalue weighted by Crippen LogP contribution is -1.97. The number of nitrogens with two attached hydrogens (primary N) is 1. The summed E-state index contributed by atoms with van der Waals surface area (Å²) in [5.41, 5.74) is 7.91. The van der Waals surface area contributed by atoms with E-state index in [0.29, 0.717) is 18.7 Å². The summed E-state index contributed by atoms with van der Waals surface area (Å²) in [6, 6.07) is 12.4. The fraction of sp³-hybridized carbons (Fsp3) is 0.250. The molecule has 0 atom stereocenters. The molecule has 0 unspecified atom stereocenters. The van der Waals surface area contributed by atoms with Crippen molar-refractivity contribution in [2.45, 2.75) is 19.9 Å². The van der Waals surface area contributed by atoms with Crippen molar-refractivity contribution in [1.29, 1.82) is 0 Å². The Balaban J connectivity index is 2.26. The Morgan fingerprint density at radius 3 is 2.47 bits per heavy atom. The Kier molecular flexibility index (Phi) is 4.53. The van der Waals surface area contributed by atoms with Gasteiger partial charge in [-0.3, -0.25) is 0 Å². The Bertz CT molecular complexity index is 537. The molecule has 2 rings (SSSR count). The van der Waals surface area contributed by atoms with Crippen molar-refractivity contribution in [3.8, 4) is 16.9 Å². The van der Waals surface area contributed by atoms with E-state index in [4.69, 9.17) is 10.5 Å². The van der Waals surface area contributed by atoms with Crippen molar-refractivity contribution in [3.05, 3.63) is 53.8 Å². The molecular formula is C16H18FNO. The molecule has 0 aliphatic carbocycles. The molecule has 100 valence electrons. The van der Waals surface area contributed by atoms with E-state index in [1.165, 1.54) is 6.07 Å². The maximum atomic E-state index is 13.8. The van der Waals surface area contributed by atoms with E-state index >= 15 is 0 Å². The van der Waals surface area contributed by atoms with Crippen LogP contribution in [-0.4, -0.2) is 6.61 Å². The van der Waals surface area contributed by atoms with E-state index in [2.05, 4.69) is 6.92 Å². The second-order valence-corrected chi connectivity index (χ2v) is 4.39. The second-order valence-electron chi connectivity index (χ2n) is 4.39. The van der Waals surface area contributed by atoms with Gasteiger partial charge in [0.05, 0.1) is 6.61 Å². The van der Waals surface area contributed by atoms with Gasteiger partial charge in [-0.2, -0.15) is 0 Å². The molecule has 2 N–H and O–H groups in total. The highest BCUT2D eigenvalue weighted by atomic mass is 19.1. The molecule has 0 aromatic heterocycles. The van der Waals surface area contributed by atoms with Gasteiger partial charge >= 0.3 is 0 Å². The van der Waals surface area contributed by atoms with Crippen molar-refractivity contribution in [2.75, 3.05) is 6.61 Å². The summed E-state index contributed by atoms with van der Waals surface area (Å²) in [5.74, 6) is 0.570. The molecule has 0 amide bonds. The van der Waals surface area contributed by atoms with Gasteiger partial charge in [-0.1, -0.05) is 25.1 Å². The van der Waals surface area contributed by atoms with Crippen molar-refractivity contribution in [1.82, 2.24) is 0 Å². The molecule has 0 radical (unpaired) electrons. The van der Waals surface area contributed by atoms with Crippen LogP contribution in [0, 0.1) is 5.82 Å². The number of halogens is 1. The minimum Gasteiger partial charge on any atom is -0.494 e. The van der Waals surface area contributed by atoms with Gasteiger partial charge in [0.25, 0.3) is 0 Å². The monoisotopic (exact) mass is 259 g/mol. The SMILES string of the molecule is CCCOc1ccc(-c2cc(CN)ccc2F)cc1. The first-order valence-corrected chi connectivity index (χ1v) is 6.46. The summed E-state index contributed by atoms with van der Waals surface area (Å²) < 4.78 is 19.3. The van der Waals surface area contributed by atoms with Gasteiger partial charge in [0.15, 0.2) is 0 Å². The van der Waals surface area contributed by atoms with Crippen LogP contribution in [0.25, 0.3) is 11.1 Å². The molecular weight excluding hydrogens is 241 g/mol. The lowest BCUT2D eigenvalue weighted by molar-refractivity contribution is 0.317. The highest BCUT2D eigenvalue weighted by molar-refractivity contribution is 5.65. The molecule has 2 aromatic rings. The Morgan fingerprint density at radius 1 is 1.11 bits per heavy atom. The second kappa shape index (κ2) is 6.34. The fourth-order valence-corrected chi connectivity index (χ4v) is 1.87. The summed E-state index contributed by atoms with van der Waals surface area (Å²) in [7, 11) is 0. The van der Waals surface area contributed by atoms with E-state index in [1.807, 2.05) is 24.3 Å². The average molecular weight is 259 g/mol. The van der Waals surface area contributed by atoms with Gasteiger partial charge < -0.3 is 10.5 Å². The fourth-order valence-electron chi connectivity index (χ4n) is 1.87. The average Bonchev–Trinajstić information content (AvgIpc) is 2.46. The van der Waals surface area contributed by atoms with Crippen LogP contribution in [0.15, 0.2) is 42.5 Å². The molecule has 2 aromatic carbocycles.